The number of anilines is 1. The van der Waals surface area contributed by atoms with Gasteiger partial charge in [-0.25, -0.2) is 4.98 Å². The number of nitrogens with one attached hydrogen (secondary N) is 1. The Bertz CT molecular complexity index is 1240. The van der Waals surface area contributed by atoms with Crippen LogP contribution in [0.3, 0.4) is 0 Å². The fraction of sp³-hybridized carbons (Fsp3) is 0.235. The average molecular weight is 418 g/mol. The molecule has 0 spiro atoms. The first kappa shape index (κ1) is 18.1. The molecule has 7 nitrogen and oxygen atoms in total. The van der Waals surface area contributed by atoms with Crippen molar-refractivity contribution in [2.75, 3.05) is 11.1 Å². The van der Waals surface area contributed by atoms with E-state index in [4.69, 9.17) is 0 Å². The number of aromatic nitrogens is 4. The Kier molecular flexibility index (Phi) is 4.70. The molecule has 10 heteroatoms. The van der Waals surface area contributed by atoms with Gasteiger partial charge in [0.25, 0.3) is 5.56 Å². The van der Waals surface area contributed by atoms with Crippen molar-refractivity contribution in [3.63, 3.8) is 0 Å². The molecule has 4 rings (SSSR count). The third-order valence-corrected chi connectivity index (χ3v) is 6.94. The number of thioether (sulfide) groups is 1. The van der Waals surface area contributed by atoms with E-state index in [9.17, 15) is 9.59 Å². The third-order valence-electron chi connectivity index (χ3n) is 4.26. The Balaban J connectivity index is 1.55. The van der Waals surface area contributed by atoms with Crippen LogP contribution >= 0.6 is 34.8 Å². The quantitative estimate of drug-likeness (QED) is 0.405. The predicted octanol–water partition coefficient (Wildman–Crippen LogP) is 3.35. The normalized spacial score (nSPS) is 11.4. The second-order valence-electron chi connectivity index (χ2n) is 6.00. The zero-order chi connectivity index (χ0) is 19.1. The molecule has 0 aliphatic heterocycles. The van der Waals surface area contributed by atoms with E-state index in [1.54, 1.807) is 13.1 Å². The summed E-state index contributed by atoms with van der Waals surface area (Å²) < 4.78 is 9.88. The van der Waals surface area contributed by atoms with E-state index >= 15 is 0 Å². The minimum Gasteiger partial charge on any atom is -0.323 e. The second kappa shape index (κ2) is 7.02. The van der Waals surface area contributed by atoms with Crippen molar-refractivity contribution in [3.8, 4) is 0 Å². The highest BCUT2D eigenvalue weighted by Gasteiger charge is 2.16. The molecule has 1 aromatic carbocycles. The lowest BCUT2D eigenvalue weighted by atomic mass is 10.2. The van der Waals surface area contributed by atoms with Crippen molar-refractivity contribution in [2.45, 2.75) is 19.0 Å². The summed E-state index contributed by atoms with van der Waals surface area (Å²) in [6.07, 6.45) is 0. The summed E-state index contributed by atoms with van der Waals surface area (Å²) in [6.45, 7) is 3.92. The molecule has 0 saturated carbocycles. The van der Waals surface area contributed by atoms with Crippen LogP contribution in [0.25, 0.3) is 21.3 Å². The molecule has 1 N–H and O–H groups in total. The molecular weight excluding hydrogens is 402 g/mol. The second-order valence-corrected chi connectivity index (χ2v) is 8.67. The van der Waals surface area contributed by atoms with Crippen LogP contribution in [0.4, 0.5) is 5.69 Å². The molecule has 0 saturated heterocycles. The number of fused-ring (bicyclic) bond motifs is 2. The van der Waals surface area contributed by atoms with Crippen LogP contribution in [-0.2, 0) is 11.8 Å². The van der Waals surface area contributed by atoms with Crippen LogP contribution < -0.4 is 10.9 Å². The van der Waals surface area contributed by atoms with Gasteiger partial charge in [-0.1, -0.05) is 17.8 Å². The minimum absolute atomic E-state index is 0.0805. The van der Waals surface area contributed by atoms with E-state index in [0.29, 0.717) is 26.6 Å². The van der Waals surface area contributed by atoms with Crippen LogP contribution in [0.5, 0.6) is 0 Å². The van der Waals surface area contributed by atoms with Crippen molar-refractivity contribution in [1.82, 2.24) is 18.3 Å². The van der Waals surface area contributed by atoms with Crippen molar-refractivity contribution in [3.05, 3.63) is 39.0 Å². The number of carbonyl (C=O) groups is 1. The number of carbonyl (C=O) groups excluding carboxylic acids is 1. The number of benzene rings is 1. The van der Waals surface area contributed by atoms with Gasteiger partial charge in [-0.2, -0.15) is 8.75 Å². The Labute approximate surface area is 166 Å². The molecule has 0 aliphatic rings. The van der Waals surface area contributed by atoms with Crippen molar-refractivity contribution >= 4 is 67.7 Å². The standard InChI is InChI=1S/C17H15N5O2S3/c1-8-9(2)26-15-13(8)16(24)22(3)17(19-15)25-7-12(23)18-10-5-4-6-11-14(10)21-27-20-11/h4-6H,7H2,1-3H3,(H,18,23). The number of hydrogen-bond acceptors (Lipinski definition) is 8. The Morgan fingerprint density at radius 1 is 1.30 bits per heavy atom. The number of rotatable bonds is 4. The van der Waals surface area contributed by atoms with Gasteiger partial charge in [0.05, 0.1) is 28.6 Å². The van der Waals surface area contributed by atoms with E-state index in [-0.39, 0.29) is 17.2 Å². The highest BCUT2D eigenvalue weighted by atomic mass is 32.2. The summed E-state index contributed by atoms with van der Waals surface area (Å²) in [5.41, 5.74) is 2.96. The monoisotopic (exact) mass is 417 g/mol. The molecule has 3 heterocycles. The Hall–Kier alpha value is -2.30. The van der Waals surface area contributed by atoms with Crippen LogP contribution in [0.1, 0.15) is 10.4 Å². The topological polar surface area (TPSA) is 89.8 Å². The Morgan fingerprint density at radius 2 is 2.11 bits per heavy atom. The average Bonchev–Trinajstić information content (AvgIpc) is 3.23. The van der Waals surface area contributed by atoms with Crippen LogP contribution in [0, 0.1) is 13.8 Å². The third kappa shape index (κ3) is 3.24. The summed E-state index contributed by atoms with van der Waals surface area (Å²) in [4.78, 5) is 31.4. The van der Waals surface area contributed by atoms with E-state index in [1.807, 2.05) is 26.0 Å². The highest BCUT2D eigenvalue weighted by molar-refractivity contribution is 7.99. The van der Waals surface area contributed by atoms with Crippen LogP contribution in [0.2, 0.25) is 0 Å². The van der Waals surface area contributed by atoms with E-state index in [2.05, 4.69) is 19.0 Å². The molecule has 1 amide bonds. The lowest BCUT2D eigenvalue weighted by molar-refractivity contribution is -0.113. The van der Waals surface area contributed by atoms with Gasteiger partial charge in [-0.3, -0.25) is 14.2 Å². The number of nitrogens with zero attached hydrogens (tertiary/aromatic N) is 4. The van der Waals surface area contributed by atoms with E-state index < -0.39 is 0 Å². The molecule has 138 valence electrons. The smallest absolute Gasteiger partial charge is 0.262 e. The van der Waals surface area contributed by atoms with Gasteiger partial charge >= 0.3 is 0 Å². The van der Waals surface area contributed by atoms with Gasteiger partial charge in [0, 0.05) is 11.9 Å². The maximum absolute atomic E-state index is 12.6. The predicted molar refractivity (Wildman–Crippen MR) is 111 cm³/mol. The highest BCUT2D eigenvalue weighted by Crippen LogP contribution is 2.28. The zero-order valence-corrected chi connectivity index (χ0v) is 17.2. The van der Waals surface area contributed by atoms with E-state index in [0.717, 1.165) is 27.7 Å². The maximum atomic E-state index is 12.6. The first-order valence-corrected chi connectivity index (χ1v) is 10.6. The molecule has 4 aromatic rings. The Morgan fingerprint density at radius 3 is 2.93 bits per heavy atom. The summed E-state index contributed by atoms with van der Waals surface area (Å²) in [5, 5.41) is 4.05. The minimum atomic E-state index is -0.187. The first-order chi connectivity index (χ1) is 13.0. The molecule has 0 atom stereocenters. The molecular formula is C17H15N5O2S3. The number of thiophene rings is 1. The fourth-order valence-electron chi connectivity index (χ4n) is 2.71. The molecule has 27 heavy (non-hydrogen) atoms. The van der Waals surface area contributed by atoms with Crippen molar-refractivity contribution < 1.29 is 4.79 Å². The summed E-state index contributed by atoms with van der Waals surface area (Å²) in [7, 11) is 1.68. The number of aryl methyl sites for hydroxylation is 2. The zero-order valence-electron chi connectivity index (χ0n) is 14.8. The lowest BCUT2D eigenvalue weighted by Gasteiger charge is -2.08. The summed E-state index contributed by atoms with van der Waals surface area (Å²) >= 11 is 3.85. The van der Waals surface area contributed by atoms with Crippen molar-refractivity contribution in [1.29, 1.82) is 0 Å². The molecule has 0 bridgehead atoms. The number of amides is 1. The molecule has 0 aliphatic carbocycles. The number of hydrogen-bond donors (Lipinski definition) is 1. The first-order valence-electron chi connectivity index (χ1n) is 8.06. The van der Waals surface area contributed by atoms with Crippen molar-refractivity contribution in [2.24, 2.45) is 7.05 Å². The maximum Gasteiger partial charge on any atom is 0.262 e. The van der Waals surface area contributed by atoms with Gasteiger partial charge in [-0.05, 0) is 31.5 Å². The molecule has 0 radical (unpaired) electrons. The molecule has 3 aromatic heterocycles. The lowest BCUT2D eigenvalue weighted by Crippen LogP contribution is -2.21. The van der Waals surface area contributed by atoms with Gasteiger partial charge in [0.15, 0.2) is 5.16 Å². The van der Waals surface area contributed by atoms with Gasteiger partial charge in [-0.15, -0.1) is 11.3 Å². The molecule has 0 fully saturated rings. The summed E-state index contributed by atoms with van der Waals surface area (Å²) in [6, 6.07) is 5.47. The largest absolute Gasteiger partial charge is 0.323 e. The van der Waals surface area contributed by atoms with Crippen LogP contribution in [0.15, 0.2) is 28.2 Å². The summed E-state index contributed by atoms with van der Waals surface area (Å²) in [5.74, 6) is -0.0447. The van der Waals surface area contributed by atoms with Crippen LogP contribution in [-0.4, -0.2) is 30.0 Å². The fourth-order valence-corrected chi connectivity index (χ4v) is 5.10. The van der Waals surface area contributed by atoms with Gasteiger partial charge in [0.1, 0.15) is 15.9 Å². The van der Waals surface area contributed by atoms with E-state index in [1.165, 1.54) is 27.7 Å². The van der Waals surface area contributed by atoms with Gasteiger partial charge in [0.2, 0.25) is 5.91 Å². The van der Waals surface area contributed by atoms with Gasteiger partial charge < -0.3 is 5.32 Å². The molecule has 0 unspecified atom stereocenters. The SMILES string of the molecule is Cc1sc2nc(SCC(=O)Nc3cccc4nsnc34)n(C)c(=O)c2c1C.